The largest absolute Gasteiger partial charge is 0.497 e. The molecule has 0 atom stereocenters. The molecule has 1 heterocycles. The smallest absolute Gasteiger partial charge is 0.280 e. The molecular formula is C24H21N5O6S2. The van der Waals surface area contributed by atoms with Gasteiger partial charge in [0, 0.05) is 31.8 Å². The van der Waals surface area contributed by atoms with Crippen molar-refractivity contribution in [3.8, 4) is 5.75 Å². The standard InChI is InChI=1S/C24H21N5O6S2/c1-27(2)37(33,34)20-11-6-17(7-12-20)23(30)28(25-15-16-4-8-18(9-5-16)29(31)32)24-26-21-13-10-19(35-3)14-22(21)36-24/h4-15H,1-3H3/b25-15+. The summed E-state index contributed by atoms with van der Waals surface area (Å²) in [4.78, 5) is 28.5. The Morgan fingerprint density at radius 2 is 1.76 bits per heavy atom. The summed E-state index contributed by atoms with van der Waals surface area (Å²) in [5.41, 5.74) is 1.28. The number of carbonyl (C=O) groups excluding carboxylic acids is 1. The summed E-state index contributed by atoms with van der Waals surface area (Å²) in [5.74, 6) is 0.0885. The Morgan fingerprint density at radius 3 is 2.35 bits per heavy atom. The highest BCUT2D eigenvalue weighted by molar-refractivity contribution is 7.89. The van der Waals surface area contributed by atoms with E-state index in [1.165, 1.54) is 80.2 Å². The van der Waals surface area contributed by atoms with Gasteiger partial charge in [0.1, 0.15) is 5.75 Å². The molecule has 190 valence electrons. The van der Waals surface area contributed by atoms with Crippen molar-refractivity contribution < 1.29 is 22.9 Å². The van der Waals surface area contributed by atoms with Crippen LogP contribution in [0, 0.1) is 10.1 Å². The molecule has 1 amide bonds. The summed E-state index contributed by atoms with van der Waals surface area (Å²) in [6.07, 6.45) is 1.39. The van der Waals surface area contributed by atoms with Gasteiger partial charge in [0.15, 0.2) is 0 Å². The molecule has 0 saturated heterocycles. The van der Waals surface area contributed by atoms with Gasteiger partial charge < -0.3 is 4.74 Å². The van der Waals surface area contributed by atoms with Crippen LogP contribution in [0.4, 0.5) is 10.8 Å². The number of nitro groups is 1. The van der Waals surface area contributed by atoms with Gasteiger partial charge in [0.05, 0.1) is 33.4 Å². The van der Waals surface area contributed by atoms with Gasteiger partial charge in [-0.1, -0.05) is 11.3 Å². The van der Waals surface area contributed by atoms with Gasteiger partial charge in [-0.05, 0) is 60.2 Å². The molecule has 0 N–H and O–H groups in total. The van der Waals surface area contributed by atoms with E-state index in [0.717, 1.165) is 14.0 Å². The number of methoxy groups -OCH3 is 1. The van der Waals surface area contributed by atoms with Crippen molar-refractivity contribution in [2.75, 3.05) is 26.2 Å². The topological polar surface area (TPSA) is 135 Å². The van der Waals surface area contributed by atoms with E-state index in [2.05, 4.69) is 10.1 Å². The van der Waals surface area contributed by atoms with Crippen LogP contribution in [0.3, 0.4) is 0 Å². The average Bonchev–Trinajstić information content (AvgIpc) is 3.31. The normalized spacial score (nSPS) is 11.8. The predicted molar refractivity (Wildman–Crippen MR) is 141 cm³/mol. The Kier molecular flexibility index (Phi) is 7.29. The number of hydrogen-bond acceptors (Lipinski definition) is 9. The molecule has 1 aromatic heterocycles. The number of hydrazone groups is 1. The lowest BCUT2D eigenvalue weighted by Crippen LogP contribution is -2.26. The van der Waals surface area contributed by atoms with Crippen LogP contribution in [0.1, 0.15) is 15.9 Å². The van der Waals surface area contributed by atoms with E-state index in [1.54, 1.807) is 25.3 Å². The number of nitrogens with zero attached hydrogens (tertiary/aromatic N) is 5. The van der Waals surface area contributed by atoms with Crippen molar-refractivity contribution in [2.24, 2.45) is 5.10 Å². The third-order valence-electron chi connectivity index (χ3n) is 5.26. The summed E-state index contributed by atoms with van der Waals surface area (Å²) < 4.78 is 31.9. The van der Waals surface area contributed by atoms with E-state index < -0.39 is 20.9 Å². The number of carbonyl (C=O) groups is 1. The number of nitro benzene ring substituents is 1. The summed E-state index contributed by atoms with van der Waals surface area (Å²) in [7, 11) is 0.730. The van der Waals surface area contributed by atoms with Crippen molar-refractivity contribution in [1.29, 1.82) is 0 Å². The van der Waals surface area contributed by atoms with Crippen LogP contribution in [0.2, 0.25) is 0 Å². The minimum Gasteiger partial charge on any atom is -0.497 e. The van der Waals surface area contributed by atoms with Crippen LogP contribution in [0.25, 0.3) is 10.2 Å². The zero-order valence-corrected chi connectivity index (χ0v) is 21.6. The zero-order chi connectivity index (χ0) is 26.7. The Hall–Kier alpha value is -4.20. The Labute approximate surface area is 216 Å². The highest BCUT2D eigenvalue weighted by atomic mass is 32.2. The zero-order valence-electron chi connectivity index (χ0n) is 19.9. The van der Waals surface area contributed by atoms with Crippen molar-refractivity contribution in [1.82, 2.24) is 9.29 Å². The van der Waals surface area contributed by atoms with Crippen LogP contribution >= 0.6 is 11.3 Å². The lowest BCUT2D eigenvalue weighted by Gasteiger charge is -2.15. The second kappa shape index (κ2) is 10.4. The van der Waals surface area contributed by atoms with Crippen LogP contribution in [-0.2, 0) is 10.0 Å². The van der Waals surface area contributed by atoms with E-state index >= 15 is 0 Å². The second-order valence-corrected chi connectivity index (χ2v) is 11.0. The van der Waals surface area contributed by atoms with Crippen molar-refractivity contribution in [2.45, 2.75) is 4.90 Å². The summed E-state index contributed by atoms with van der Waals surface area (Å²) in [6.45, 7) is 0. The number of sulfonamides is 1. The molecule has 0 bridgehead atoms. The molecule has 13 heteroatoms. The SMILES string of the molecule is COc1ccc2nc(N(/N=C/c3ccc([N+](=O)[O-])cc3)C(=O)c3ccc(S(=O)(=O)N(C)C)cc3)sc2c1. The molecule has 0 aliphatic heterocycles. The van der Waals surface area contributed by atoms with Crippen molar-refractivity contribution in [3.63, 3.8) is 0 Å². The number of ether oxygens (including phenoxy) is 1. The number of amides is 1. The number of non-ortho nitro benzene ring substituents is 1. The van der Waals surface area contributed by atoms with Gasteiger partial charge in [0.2, 0.25) is 15.2 Å². The van der Waals surface area contributed by atoms with Gasteiger partial charge >= 0.3 is 0 Å². The Morgan fingerprint density at radius 1 is 1.08 bits per heavy atom. The fourth-order valence-corrected chi connectivity index (χ4v) is 5.06. The van der Waals surface area contributed by atoms with Crippen LogP contribution < -0.4 is 9.75 Å². The van der Waals surface area contributed by atoms with E-state index in [0.29, 0.717) is 16.8 Å². The maximum absolute atomic E-state index is 13.5. The van der Waals surface area contributed by atoms with Crippen LogP contribution in [0.5, 0.6) is 5.75 Å². The fourth-order valence-electron chi connectivity index (χ4n) is 3.21. The monoisotopic (exact) mass is 539 g/mol. The minimum absolute atomic E-state index is 0.0436. The molecule has 37 heavy (non-hydrogen) atoms. The number of thiazole rings is 1. The minimum atomic E-state index is -3.66. The van der Waals surface area contributed by atoms with Crippen LogP contribution in [0.15, 0.2) is 76.7 Å². The van der Waals surface area contributed by atoms with Gasteiger partial charge in [-0.2, -0.15) is 10.1 Å². The number of benzene rings is 3. The second-order valence-electron chi connectivity index (χ2n) is 7.85. The first kappa shape index (κ1) is 25.9. The van der Waals surface area contributed by atoms with Crippen molar-refractivity contribution in [3.05, 3.63) is 88.0 Å². The van der Waals surface area contributed by atoms with Gasteiger partial charge in [-0.3, -0.25) is 14.9 Å². The fraction of sp³-hybridized carbons (Fsp3) is 0.125. The molecule has 0 radical (unpaired) electrons. The molecule has 0 fully saturated rings. The van der Waals surface area contributed by atoms with Crippen LogP contribution in [-0.4, -0.2) is 56.0 Å². The van der Waals surface area contributed by atoms with E-state index in [1.807, 2.05) is 0 Å². The predicted octanol–water partition coefficient (Wildman–Crippen LogP) is 4.14. The number of fused-ring (bicyclic) bond motifs is 1. The molecule has 4 rings (SSSR count). The Bertz CT molecular complexity index is 1600. The maximum Gasteiger partial charge on any atom is 0.280 e. The molecule has 0 spiro atoms. The summed E-state index contributed by atoms with van der Waals surface area (Å²) in [6, 6.07) is 16.5. The molecule has 0 aliphatic carbocycles. The van der Waals surface area contributed by atoms with Crippen molar-refractivity contribution >= 4 is 54.5 Å². The molecule has 0 aliphatic rings. The number of hydrogen-bond donors (Lipinski definition) is 0. The third-order valence-corrected chi connectivity index (χ3v) is 8.09. The summed E-state index contributed by atoms with van der Waals surface area (Å²) >= 11 is 1.22. The lowest BCUT2D eigenvalue weighted by molar-refractivity contribution is -0.384. The van der Waals surface area contributed by atoms with E-state index in [-0.39, 0.29) is 21.3 Å². The maximum atomic E-state index is 13.5. The highest BCUT2D eigenvalue weighted by Crippen LogP contribution is 2.32. The molecule has 4 aromatic rings. The molecule has 3 aromatic carbocycles. The third kappa shape index (κ3) is 5.48. The first-order valence-electron chi connectivity index (χ1n) is 10.7. The number of rotatable bonds is 8. The first-order chi connectivity index (χ1) is 17.6. The molecule has 0 unspecified atom stereocenters. The first-order valence-corrected chi connectivity index (χ1v) is 13.0. The lowest BCUT2D eigenvalue weighted by atomic mass is 10.2. The quantitative estimate of drug-likeness (QED) is 0.186. The average molecular weight is 540 g/mol. The van der Waals surface area contributed by atoms with E-state index in [4.69, 9.17) is 4.74 Å². The molecule has 11 nitrogen and oxygen atoms in total. The van der Waals surface area contributed by atoms with E-state index in [9.17, 15) is 23.3 Å². The Balaban J connectivity index is 1.73. The van der Waals surface area contributed by atoms with Gasteiger partial charge in [-0.15, -0.1) is 0 Å². The molecular weight excluding hydrogens is 518 g/mol. The number of anilines is 1. The molecule has 0 saturated carbocycles. The summed E-state index contributed by atoms with van der Waals surface area (Å²) in [5, 5.41) is 16.6. The highest BCUT2D eigenvalue weighted by Gasteiger charge is 2.23. The van der Waals surface area contributed by atoms with Gasteiger partial charge in [0.25, 0.3) is 11.6 Å². The van der Waals surface area contributed by atoms with Gasteiger partial charge in [-0.25, -0.2) is 17.7 Å². The number of aromatic nitrogens is 1.